The van der Waals surface area contributed by atoms with Gasteiger partial charge in [0.05, 0.1) is 6.61 Å². The van der Waals surface area contributed by atoms with Gasteiger partial charge in [0, 0.05) is 6.92 Å². The first-order valence-corrected chi connectivity index (χ1v) is 5.87. The molecule has 0 spiro atoms. The average molecular weight is 277 g/mol. The summed E-state index contributed by atoms with van der Waals surface area (Å²) in [6.45, 7) is 1.76. The molecule has 1 rings (SSSR count). The van der Waals surface area contributed by atoms with Crippen LogP contribution in [0.1, 0.15) is 13.8 Å². The highest BCUT2D eigenvalue weighted by atomic mass is 16.7. The van der Waals surface area contributed by atoms with Gasteiger partial charge in [0.1, 0.15) is 31.0 Å². The predicted octanol–water partition coefficient (Wildman–Crippen LogP) is -2.46. The lowest BCUT2D eigenvalue weighted by atomic mass is 9.97. The third-order valence-corrected chi connectivity index (χ3v) is 2.70. The number of aliphatic hydroxyl groups is 3. The van der Waals surface area contributed by atoms with Crippen molar-refractivity contribution in [3.8, 4) is 0 Å². The smallest absolute Gasteiger partial charge is 0.217 e. The Kier molecular flexibility index (Phi) is 5.83. The van der Waals surface area contributed by atoms with Crippen molar-refractivity contribution >= 4 is 11.7 Å². The van der Waals surface area contributed by atoms with Gasteiger partial charge in [0.2, 0.25) is 5.91 Å². The minimum Gasteiger partial charge on any atom is -0.394 e. The van der Waals surface area contributed by atoms with Gasteiger partial charge in [-0.2, -0.15) is 0 Å². The van der Waals surface area contributed by atoms with Crippen molar-refractivity contribution in [3.05, 3.63) is 0 Å². The highest BCUT2D eigenvalue weighted by Crippen LogP contribution is 2.22. The Morgan fingerprint density at radius 2 is 1.89 bits per heavy atom. The van der Waals surface area contributed by atoms with E-state index in [1.807, 2.05) is 0 Å². The number of ether oxygens (including phenoxy) is 2. The van der Waals surface area contributed by atoms with Gasteiger partial charge in [-0.3, -0.25) is 9.59 Å². The van der Waals surface area contributed by atoms with Gasteiger partial charge in [-0.15, -0.1) is 0 Å². The summed E-state index contributed by atoms with van der Waals surface area (Å²) in [6.07, 6.45) is -4.90. The van der Waals surface area contributed by atoms with Gasteiger partial charge in [-0.1, -0.05) is 0 Å². The predicted molar refractivity (Wildman–Crippen MR) is 62.0 cm³/mol. The second-order valence-corrected chi connectivity index (χ2v) is 4.45. The molecule has 0 radical (unpaired) electrons. The number of hydrogen-bond donors (Lipinski definition) is 4. The van der Waals surface area contributed by atoms with E-state index in [-0.39, 0.29) is 12.4 Å². The summed E-state index contributed by atoms with van der Waals surface area (Å²) in [5.74, 6) is -0.704. The fraction of sp³-hybridized carbons (Fsp3) is 0.818. The van der Waals surface area contributed by atoms with E-state index in [0.717, 1.165) is 0 Å². The summed E-state index contributed by atoms with van der Waals surface area (Å²) in [7, 11) is 0. The molecule has 8 nitrogen and oxygen atoms in total. The molecule has 0 saturated carbocycles. The van der Waals surface area contributed by atoms with Crippen LogP contribution in [-0.4, -0.2) is 70.9 Å². The van der Waals surface area contributed by atoms with Crippen LogP contribution in [0.15, 0.2) is 0 Å². The Labute approximate surface area is 110 Å². The van der Waals surface area contributed by atoms with E-state index in [2.05, 4.69) is 5.32 Å². The first-order chi connectivity index (χ1) is 8.86. The van der Waals surface area contributed by atoms with Gasteiger partial charge >= 0.3 is 0 Å². The number of carbonyl (C=O) groups is 2. The van der Waals surface area contributed by atoms with Crippen LogP contribution in [0.4, 0.5) is 0 Å². The molecule has 0 aromatic carbocycles. The van der Waals surface area contributed by atoms with Gasteiger partial charge in [0.15, 0.2) is 12.1 Å². The molecule has 1 amide bonds. The summed E-state index contributed by atoms with van der Waals surface area (Å²) in [6, 6.07) is -1.02. The highest BCUT2D eigenvalue weighted by molar-refractivity contribution is 5.76. The van der Waals surface area contributed by atoms with Crippen molar-refractivity contribution in [1.29, 1.82) is 0 Å². The molecule has 0 bridgehead atoms. The van der Waals surface area contributed by atoms with Crippen LogP contribution in [0.2, 0.25) is 0 Å². The monoisotopic (exact) mass is 277 g/mol. The maximum atomic E-state index is 11.1. The first-order valence-electron chi connectivity index (χ1n) is 5.87. The van der Waals surface area contributed by atoms with Crippen LogP contribution in [0.5, 0.6) is 0 Å². The van der Waals surface area contributed by atoms with Crippen LogP contribution in [0.3, 0.4) is 0 Å². The Morgan fingerprint density at radius 1 is 1.26 bits per heavy atom. The van der Waals surface area contributed by atoms with Crippen molar-refractivity contribution in [1.82, 2.24) is 5.32 Å². The maximum absolute atomic E-state index is 11.1. The number of ketones is 1. The molecule has 1 aliphatic heterocycles. The van der Waals surface area contributed by atoms with Crippen LogP contribution >= 0.6 is 0 Å². The number of amides is 1. The first kappa shape index (κ1) is 16.0. The molecule has 1 aliphatic rings. The highest BCUT2D eigenvalue weighted by Gasteiger charge is 2.45. The summed E-state index contributed by atoms with van der Waals surface area (Å²) in [5, 5.41) is 31.0. The zero-order valence-electron chi connectivity index (χ0n) is 10.8. The van der Waals surface area contributed by atoms with E-state index in [1.165, 1.54) is 13.8 Å². The average Bonchev–Trinajstić information content (AvgIpc) is 2.33. The molecule has 19 heavy (non-hydrogen) atoms. The van der Waals surface area contributed by atoms with Gasteiger partial charge in [0.25, 0.3) is 0 Å². The minimum atomic E-state index is -1.37. The number of rotatable bonds is 5. The Hall–Kier alpha value is -1.06. The largest absolute Gasteiger partial charge is 0.394 e. The van der Waals surface area contributed by atoms with Crippen molar-refractivity contribution in [3.63, 3.8) is 0 Å². The molecule has 0 aliphatic carbocycles. The standard InChI is InChI=1S/C11H19NO7/c1-5(14)4-18-11-8(12-6(2)15)10(17)9(16)7(3-13)19-11/h7-11,13,16-17H,3-4H2,1-2H3,(H,12,15)/t7-,8-,9+,10-,11-/m1/s1. The molecular weight excluding hydrogens is 258 g/mol. The Bertz CT molecular complexity index is 335. The van der Waals surface area contributed by atoms with Gasteiger partial charge in [-0.05, 0) is 6.92 Å². The van der Waals surface area contributed by atoms with Crippen molar-refractivity contribution in [2.45, 2.75) is 44.5 Å². The summed E-state index contributed by atoms with van der Waals surface area (Å²) in [4.78, 5) is 22.0. The zero-order chi connectivity index (χ0) is 14.6. The second-order valence-electron chi connectivity index (χ2n) is 4.45. The summed E-state index contributed by atoms with van der Waals surface area (Å²) in [5.41, 5.74) is 0. The molecule has 4 N–H and O–H groups in total. The zero-order valence-corrected chi connectivity index (χ0v) is 10.8. The van der Waals surface area contributed by atoms with Gasteiger partial charge in [-0.25, -0.2) is 0 Å². The maximum Gasteiger partial charge on any atom is 0.217 e. The molecule has 0 unspecified atom stereocenters. The summed E-state index contributed by atoms with van der Waals surface area (Å²) < 4.78 is 10.4. The number of Topliss-reactive ketones (excluding diaryl/α,β-unsaturated/α-hetero) is 1. The number of nitrogens with one attached hydrogen (secondary N) is 1. The van der Waals surface area contributed by atoms with Crippen LogP contribution in [-0.2, 0) is 19.1 Å². The molecular formula is C11H19NO7. The Morgan fingerprint density at radius 3 is 2.37 bits per heavy atom. The van der Waals surface area contributed by atoms with E-state index in [0.29, 0.717) is 0 Å². The number of carbonyl (C=O) groups excluding carboxylic acids is 2. The normalized spacial score (nSPS) is 34.9. The van der Waals surface area contributed by atoms with E-state index < -0.39 is 43.2 Å². The quantitative estimate of drug-likeness (QED) is 0.439. The summed E-state index contributed by atoms with van der Waals surface area (Å²) >= 11 is 0. The van der Waals surface area contributed by atoms with Crippen LogP contribution < -0.4 is 5.32 Å². The van der Waals surface area contributed by atoms with E-state index in [4.69, 9.17) is 14.6 Å². The molecule has 1 fully saturated rings. The lowest BCUT2D eigenvalue weighted by Gasteiger charge is -2.42. The van der Waals surface area contributed by atoms with Crippen molar-refractivity contribution < 1.29 is 34.4 Å². The SMILES string of the molecule is CC(=O)CO[C@@H]1O[C@H](CO)[C@H](O)[C@H](O)[C@H]1NC(C)=O. The minimum absolute atomic E-state index is 0.258. The topological polar surface area (TPSA) is 125 Å². The van der Waals surface area contributed by atoms with Crippen LogP contribution in [0, 0.1) is 0 Å². The fourth-order valence-corrected chi connectivity index (χ4v) is 1.81. The van der Waals surface area contributed by atoms with E-state index in [9.17, 15) is 19.8 Å². The lowest BCUT2D eigenvalue weighted by Crippen LogP contribution is -2.64. The lowest BCUT2D eigenvalue weighted by molar-refractivity contribution is -0.268. The second kappa shape index (κ2) is 6.92. The van der Waals surface area contributed by atoms with Crippen molar-refractivity contribution in [2.24, 2.45) is 0 Å². The van der Waals surface area contributed by atoms with E-state index in [1.54, 1.807) is 0 Å². The third-order valence-electron chi connectivity index (χ3n) is 2.70. The number of hydrogen-bond acceptors (Lipinski definition) is 7. The molecule has 0 aromatic heterocycles. The van der Waals surface area contributed by atoms with Crippen molar-refractivity contribution in [2.75, 3.05) is 13.2 Å². The fourth-order valence-electron chi connectivity index (χ4n) is 1.81. The molecule has 1 saturated heterocycles. The molecule has 1 heterocycles. The molecule has 0 aromatic rings. The van der Waals surface area contributed by atoms with Crippen LogP contribution in [0.25, 0.3) is 0 Å². The third kappa shape index (κ3) is 4.22. The number of aliphatic hydroxyl groups excluding tert-OH is 3. The van der Waals surface area contributed by atoms with E-state index >= 15 is 0 Å². The molecule has 8 heteroatoms. The molecule has 110 valence electrons. The molecule has 5 atom stereocenters. The Balaban J connectivity index is 2.79. The van der Waals surface area contributed by atoms with Gasteiger partial charge < -0.3 is 30.1 Å².